The largest absolute Gasteiger partial charge is 0.479 e. The molecule has 7 heteroatoms. The topological polar surface area (TPSA) is 97.5 Å². The highest BCUT2D eigenvalue weighted by Crippen LogP contribution is 2.30. The van der Waals surface area contributed by atoms with Crippen LogP contribution in [0.25, 0.3) is 10.1 Å². The number of hydrogen-bond acceptors (Lipinski definition) is 5. The third kappa shape index (κ3) is 1.92. The Labute approximate surface area is 101 Å². The van der Waals surface area contributed by atoms with Gasteiger partial charge in [-0.25, -0.2) is 13.2 Å². The van der Waals surface area contributed by atoms with Gasteiger partial charge >= 0.3 is 5.97 Å². The summed E-state index contributed by atoms with van der Waals surface area (Å²) in [7, 11) is -4.03. The van der Waals surface area contributed by atoms with Crippen molar-refractivity contribution in [3.63, 3.8) is 0 Å². The van der Waals surface area contributed by atoms with E-state index in [-0.39, 0.29) is 4.90 Å². The number of carboxylic acids is 1. The molecule has 2 rings (SSSR count). The van der Waals surface area contributed by atoms with Crippen LogP contribution >= 0.6 is 11.3 Å². The normalized spacial score (nSPS) is 13.7. The number of carbonyl (C=O) groups is 1. The predicted octanol–water partition coefficient (Wildman–Crippen LogP) is 1.04. The lowest BCUT2D eigenvalue weighted by molar-refractivity contribution is -0.136. The lowest BCUT2D eigenvalue weighted by atomic mass is 10.3. The minimum atomic E-state index is -4.03. The molecule has 17 heavy (non-hydrogen) atoms. The van der Waals surface area contributed by atoms with E-state index < -0.39 is 21.2 Å². The Morgan fingerprint density at radius 3 is 2.65 bits per heavy atom. The quantitative estimate of drug-likeness (QED) is 0.869. The van der Waals surface area contributed by atoms with Crippen LogP contribution in [-0.2, 0) is 14.6 Å². The molecule has 1 aromatic carbocycles. The van der Waals surface area contributed by atoms with Crippen LogP contribution in [0.2, 0.25) is 0 Å². The second-order valence-corrected chi connectivity index (χ2v) is 6.35. The summed E-state index contributed by atoms with van der Waals surface area (Å²) >= 11 is 1.24. The van der Waals surface area contributed by atoms with E-state index in [1.807, 2.05) is 0 Å². The van der Waals surface area contributed by atoms with Gasteiger partial charge in [0.15, 0.2) is 0 Å². The van der Waals surface area contributed by atoms with Gasteiger partial charge in [-0.3, -0.25) is 0 Å². The fraction of sp³-hybridized carbons (Fsp3) is 0.100. The Hall–Kier alpha value is -1.44. The molecule has 1 heterocycles. The summed E-state index contributed by atoms with van der Waals surface area (Å²) in [5.74, 6) is -1.56. The number of fused-ring (bicyclic) bond motifs is 1. The molecular weight excluding hydrogens is 262 g/mol. The molecule has 90 valence electrons. The minimum Gasteiger partial charge on any atom is -0.479 e. The fourth-order valence-electron chi connectivity index (χ4n) is 1.44. The van der Waals surface area contributed by atoms with Crippen molar-refractivity contribution in [3.8, 4) is 0 Å². The van der Waals surface area contributed by atoms with Crippen LogP contribution in [0.5, 0.6) is 0 Å². The fourth-order valence-corrected chi connectivity index (χ4v) is 4.04. The van der Waals surface area contributed by atoms with E-state index in [2.05, 4.69) is 0 Å². The summed E-state index contributed by atoms with van der Waals surface area (Å²) in [5, 5.41) is 8.69. The molecule has 0 saturated carbocycles. The number of carboxylic acid groups (broad SMARTS) is 1. The van der Waals surface area contributed by atoms with Crippen LogP contribution in [0, 0.1) is 0 Å². The van der Waals surface area contributed by atoms with Crippen molar-refractivity contribution in [3.05, 3.63) is 29.6 Å². The molecule has 3 N–H and O–H groups in total. The highest BCUT2D eigenvalue weighted by atomic mass is 32.2. The molecule has 5 nitrogen and oxygen atoms in total. The zero-order valence-electron chi connectivity index (χ0n) is 8.53. The average molecular weight is 271 g/mol. The molecule has 0 amide bonds. The zero-order valence-corrected chi connectivity index (χ0v) is 10.2. The summed E-state index contributed by atoms with van der Waals surface area (Å²) in [5.41, 5.74) is 5.19. The Kier molecular flexibility index (Phi) is 2.90. The summed E-state index contributed by atoms with van der Waals surface area (Å²) in [6.07, 6.45) is 0. The number of aliphatic carboxylic acids is 1. The van der Waals surface area contributed by atoms with Gasteiger partial charge in [0.1, 0.15) is 0 Å². The van der Waals surface area contributed by atoms with Crippen molar-refractivity contribution < 1.29 is 18.3 Å². The van der Waals surface area contributed by atoms with E-state index in [0.717, 1.165) is 4.70 Å². The van der Waals surface area contributed by atoms with Gasteiger partial charge in [-0.2, -0.15) is 0 Å². The highest BCUT2D eigenvalue weighted by molar-refractivity contribution is 7.93. The first-order valence-corrected chi connectivity index (χ1v) is 7.05. The Bertz CT molecular complexity index is 674. The number of benzene rings is 1. The van der Waals surface area contributed by atoms with E-state index in [4.69, 9.17) is 10.8 Å². The predicted molar refractivity (Wildman–Crippen MR) is 64.6 cm³/mol. The van der Waals surface area contributed by atoms with Crippen molar-refractivity contribution in [1.29, 1.82) is 0 Å². The van der Waals surface area contributed by atoms with E-state index in [1.165, 1.54) is 16.7 Å². The molecular formula is C10H9NO4S2. The van der Waals surface area contributed by atoms with Crippen LogP contribution < -0.4 is 5.73 Å². The van der Waals surface area contributed by atoms with Crippen molar-refractivity contribution >= 4 is 37.2 Å². The molecule has 2 aromatic rings. The molecule has 1 unspecified atom stereocenters. The van der Waals surface area contributed by atoms with Crippen LogP contribution in [0.4, 0.5) is 0 Å². The molecule has 1 aromatic heterocycles. The smallest absolute Gasteiger partial charge is 0.336 e. The van der Waals surface area contributed by atoms with Crippen LogP contribution in [0.1, 0.15) is 0 Å². The monoisotopic (exact) mass is 271 g/mol. The van der Waals surface area contributed by atoms with Gasteiger partial charge in [0, 0.05) is 15.5 Å². The third-order valence-electron chi connectivity index (χ3n) is 2.33. The van der Waals surface area contributed by atoms with Gasteiger partial charge in [0.05, 0.1) is 4.90 Å². The number of hydrogen-bond donors (Lipinski definition) is 2. The van der Waals surface area contributed by atoms with Crippen LogP contribution in [-0.4, -0.2) is 24.9 Å². The summed E-state index contributed by atoms with van der Waals surface area (Å²) in [6.45, 7) is 0. The minimum absolute atomic E-state index is 0.0204. The zero-order chi connectivity index (χ0) is 12.6. The van der Waals surface area contributed by atoms with Gasteiger partial charge in [-0.1, -0.05) is 18.2 Å². The molecule has 0 bridgehead atoms. The van der Waals surface area contributed by atoms with E-state index in [0.29, 0.717) is 5.39 Å². The van der Waals surface area contributed by atoms with Gasteiger partial charge in [0.2, 0.25) is 15.2 Å². The molecule has 0 aliphatic rings. The van der Waals surface area contributed by atoms with Crippen molar-refractivity contribution in [2.75, 3.05) is 0 Å². The Balaban J connectivity index is 2.65. The number of sulfone groups is 1. The third-order valence-corrected chi connectivity index (χ3v) is 5.26. The average Bonchev–Trinajstić information content (AvgIpc) is 2.72. The summed E-state index contributed by atoms with van der Waals surface area (Å²) < 4.78 is 24.7. The van der Waals surface area contributed by atoms with Crippen LogP contribution in [0.3, 0.4) is 0 Å². The standard InChI is InChI=1S/C10H9NO4S2/c11-9(10(12)13)17(14,15)8-5-16-7-4-2-1-3-6(7)8/h1-5,9H,11H2,(H,12,13). The SMILES string of the molecule is NC(C(=O)O)S(=O)(=O)c1csc2ccccc12. The maximum Gasteiger partial charge on any atom is 0.336 e. The number of rotatable bonds is 3. The molecule has 0 spiro atoms. The van der Waals surface area contributed by atoms with Crippen LogP contribution in [0.15, 0.2) is 34.5 Å². The maximum absolute atomic E-state index is 11.9. The molecule has 0 saturated heterocycles. The van der Waals surface area contributed by atoms with Crippen molar-refractivity contribution in [1.82, 2.24) is 0 Å². The lowest BCUT2D eigenvalue weighted by Gasteiger charge is -2.07. The van der Waals surface area contributed by atoms with Crippen molar-refractivity contribution in [2.24, 2.45) is 5.73 Å². The second kappa shape index (κ2) is 4.10. The van der Waals surface area contributed by atoms with E-state index in [9.17, 15) is 13.2 Å². The van der Waals surface area contributed by atoms with Crippen molar-refractivity contribution in [2.45, 2.75) is 10.3 Å². The molecule has 0 aliphatic heterocycles. The van der Waals surface area contributed by atoms with Gasteiger partial charge in [0.25, 0.3) is 0 Å². The summed E-state index contributed by atoms with van der Waals surface area (Å²) in [4.78, 5) is 10.7. The molecule has 1 atom stereocenters. The first-order chi connectivity index (χ1) is 7.94. The molecule has 0 radical (unpaired) electrons. The van der Waals surface area contributed by atoms with Gasteiger partial charge in [-0.05, 0) is 6.07 Å². The van der Waals surface area contributed by atoms with E-state index >= 15 is 0 Å². The number of thiophene rings is 1. The first kappa shape index (κ1) is 12.0. The highest BCUT2D eigenvalue weighted by Gasteiger charge is 2.32. The Morgan fingerprint density at radius 1 is 1.35 bits per heavy atom. The maximum atomic E-state index is 11.9. The Morgan fingerprint density at radius 2 is 2.00 bits per heavy atom. The molecule has 0 fully saturated rings. The summed E-state index contributed by atoms with van der Waals surface area (Å²) in [6, 6.07) is 6.88. The van der Waals surface area contributed by atoms with Gasteiger partial charge < -0.3 is 10.8 Å². The lowest BCUT2D eigenvalue weighted by Crippen LogP contribution is -2.38. The van der Waals surface area contributed by atoms with Gasteiger partial charge in [-0.15, -0.1) is 11.3 Å². The second-order valence-electron chi connectivity index (χ2n) is 3.40. The number of nitrogens with two attached hydrogens (primary N) is 1. The molecule has 0 aliphatic carbocycles. The first-order valence-electron chi connectivity index (χ1n) is 4.63. The van der Waals surface area contributed by atoms with E-state index in [1.54, 1.807) is 24.3 Å².